The van der Waals surface area contributed by atoms with E-state index in [1.165, 1.54) is 25.7 Å². The summed E-state index contributed by atoms with van der Waals surface area (Å²) in [5.74, 6) is 1.88. The molecule has 3 rings (SSSR count). The number of hydrogen-bond donors (Lipinski definition) is 1. The topological polar surface area (TPSA) is 71.3 Å². The molecule has 0 bridgehead atoms. The summed E-state index contributed by atoms with van der Waals surface area (Å²) in [5, 5.41) is 7.23. The number of piperidine rings is 1. The molecule has 0 spiro atoms. The first kappa shape index (κ1) is 16.3. The highest BCUT2D eigenvalue weighted by Gasteiger charge is 2.25. The van der Waals surface area contributed by atoms with Crippen LogP contribution in [0.5, 0.6) is 0 Å². The van der Waals surface area contributed by atoms with E-state index in [1.807, 2.05) is 0 Å². The van der Waals surface area contributed by atoms with Crippen molar-refractivity contribution in [2.75, 3.05) is 18.0 Å². The number of carbonyl (C=O) groups is 1. The van der Waals surface area contributed by atoms with E-state index in [2.05, 4.69) is 34.2 Å². The van der Waals surface area contributed by atoms with Crippen LogP contribution in [0, 0.1) is 5.92 Å². The van der Waals surface area contributed by atoms with Gasteiger partial charge in [-0.05, 0) is 31.6 Å². The van der Waals surface area contributed by atoms with Crippen molar-refractivity contribution >= 4 is 11.9 Å². The molecule has 2 fully saturated rings. The first-order chi connectivity index (χ1) is 11.1. The number of rotatable bonds is 5. The van der Waals surface area contributed by atoms with Gasteiger partial charge in [-0.1, -0.05) is 31.8 Å². The van der Waals surface area contributed by atoms with Crippen LogP contribution in [-0.2, 0) is 4.79 Å². The average Bonchev–Trinajstić information content (AvgIpc) is 3.19. The summed E-state index contributed by atoms with van der Waals surface area (Å²) < 4.78 is 5.35. The molecule has 0 atom stereocenters. The van der Waals surface area contributed by atoms with Crippen molar-refractivity contribution < 1.29 is 9.32 Å². The molecule has 0 radical (unpaired) electrons. The maximum Gasteiger partial charge on any atom is 0.324 e. The molecule has 2 heterocycles. The van der Waals surface area contributed by atoms with E-state index in [-0.39, 0.29) is 17.9 Å². The van der Waals surface area contributed by atoms with Crippen molar-refractivity contribution in [3.8, 4) is 0 Å². The van der Waals surface area contributed by atoms with E-state index in [1.54, 1.807) is 0 Å². The average molecular weight is 320 g/mol. The Balaban J connectivity index is 1.43. The number of anilines is 1. The molecule has 1 saturated carbocycles. The second-order valence-corrected chi connectivity index (χ2v) is 7.27. The predicted octanol–water partition coefficient (Wildman–Crippen LogP) is 2.86. The molecule has 23 heavy (non-hydrogen) atoms. The number of carbonyl (C=O) groups excluding carboxylic acids is 1. The van der Waals surface area contributed by atoms with Crippen molar-refractivity contribution in [2.45, 2.75) is 70.8 Å². The first-order valence-electron chi connectivity index (χ1n) is 8.99. The van der Waals surface area contributed by atoms with Gasteiger partial charge in [0.2, 0.25) is 5.91 Å². The van der Waals surface area contributed by atoms with Crippen LogP contribution in [0.2, 0.25) is 0 Å². The molecule has 0 aromatic carbocycles. The smallest absolute Gasteiger partial charge is 0.324 e. The largest absolute Gasteiger partial charge is 0.353 e. The number of amides is 1. The van der Waals surface area contributed by atoms with Crippen LogP contribution in [0.4, 0.5) is 6.01 Å². The monoisotopic (exact) mass is 320 g/mol. The molecule has 128 valence electrons. The summed E-state index contributed by atoms with van der Waals surface area (Å²) in [6, 6.07) is 0.900. The van der Waals surface area contributed by atoms with Crippen molar-refractivity contribution in [2.24, 2.45) is 5.92 Å². The normalized spacial score (nSPS) is 20.4. The van der Waals surface area contributed by atoms with Crippen molar-refractivity contribution in [1.82, 2.24) is 15.5 Å². The Morgan fingerprint density at radius 1 is 1.26 bits per heavy atom. The zero-order valence-electron chi connectivity index (χ0n) is 14.3. The van der Waals surface area contributed by atoms with Gasteiger partial charge < -0.3 is 14.7 Å². The minimum atomic E-state index is 0.232. The zero-order valence-corrected chi connectivity index (χ0v) is 14.3. The van der Waals surface area contributed by atoms with Gasteiger partial charge in [0.1, 0.15) is 0 Å². The molecular weight excluding hydrogens is 292 g/mol. The summed E-state index contributed by atoms with van der Waals surface area (Å²) in [4.78, 5) is 18.7. The molecule has 1 amide bonds. The number of nitrogens with zero attached hydrogens (tertiary/aromatic N) is 3. The molecule has 1 aliphatic carbocycles. The van der Waals surface area contributed by atoms with Crippen LogP contribution in [0.3, 0.4) is 0 Å². The second kappa shape index (κ2) is 7.32. The minimum absolute atomic E-state index is 0.232. The van der Waals surface area contributed by atoms with E-state index in [9.17, 15) is 4.79 Å². The zero-order chi connectivity index (χ0) is 16.2. The van der Waals surface area contributed by atoms with Gasteiger partial charge in [0.25, 0.3) is 0 Å². The standard InChI is InChI=1S/C17H28N4O2/c1-12(2)16-19-17(23-20-16)21-9-7-14(8-10-21)18-15(22)11-13-5-3-4-6-13/h12-14H,3-11H2,1-2H3,(H,18,22). The fourth-order valence-electron chi connectivity index (χ4n) is 3.57. The highest BCUT2D eigenvalue weighted by molar-refractivity contribution is 5.76. The summed E-state index contributed by atoms with van der Waals surface area (Å²) >= 11 is 0. The summed E-state index contributed by atoms with van der Waals surface area (Å²) in [6.45, 7) is 5.82. The highest BCUT2D eigenvalue weighted by atomic mass is 16.5. The van der Waals surface area contributed by atoms with Gasteiger partial charge in [0.15, 0.2) is 5.82 Å². The van der Waals surface area contributed by atoms with Crippen LogP contribution in [0.1, 0.15) is 70.5 Å². The van der Waals surface area contributed by atoms with Gasteiger partial charge in [-0.25, -0.2) is 0 Å². The van der Waals surface area contributed by atoms with Gasteiger partial charge in [-0.15, -0.1) is 0 Å². The Kier molecular flexibility index (Phi) is 5.18. The molecule has 1 aromatic rings. The van der Waals surface area contributed by atoms with Crippen LogP contribution in [-0.4, -0.2) is 35.2 Å². The Hall–Kier alpha value is -1.59. The number of nitrogens with one attached hydrogen (secondary N) is 1. The lowest BCUT2D eigenvalue weighted by atomic mass is 10.0. The summed E-state index contributed by atoms with van der Waals surface area (Å²) in [6.07, 6.45) is 7.62. The van der Waals surface area contributed by atoms with Crippen LogP contribution in [0.15, 0.2) is 4.52 Å². The van der Waals surface area contributed by atoms with E-state index < -0.39 is 0 Å². The molecule has 1 aromatic heterocycles. The summed E-state index contributed by atoms with van der Waals surface area (Å²) in [7, 11) is 0. The fraction of sp³-hybridized carbons (Fsp3) is 0.824. The highest BCUT2D eigenvalue weighted by Crippen LogP contribution is 2.27. The molecule has 6 heteroatoms. The fourth-order valence-corrected chi connectivity index (χ4v) is 3.57. The van der Waals surface area contributed by atoms with E-state index in [4.69, 9.17) is 4.52 Å². The molecule has 2 aliphatic rings. The molecule has 1 aliphatic heterocycles. The Bertz CT molecular complexity index is 514. The molecule has 1 N–H and O–H groups in total. The van der Waals surface area contributed by atoms with Gasteiger partial charge in [-0.2, -0.15) is 4.98 Å². The van der Waals surface area contributed by atoms with Gasteiger partial charge >= 0.3 is 6.01 Å². The SMILES string of the molecule is CC(C)c1noc(N2CCC(NC(=O)CC3CCCC3)CC2)n1. The lowest BCUT2D eigenvalue weighted by Gasteiger charge is -2.31. The second-order valence-electron chi connectivity index (χ2n) is 7.27. The van der Waals surface area contributed by atoms with Crippen LogP contribution < -0.4 is 10.2 Å². The third-order valence-corrected chi connectivity index (χ3v) is 5.03. The van der Waals surface area contributed by atoms with E-state index in [0.29, 0.717) is 18.4 Å². The van der Waals surface area contributed by atoms with Crippen molar-refractivity contribution in [3.63, 3.8) is 0 Å². The van der Waals surface area contributed by atoms with Gasteiger partial charge in [0, 0.05) is 31.5 Å². The van der Waals surface area contributed by atoms with Crippen LogP contribution in [0.25, 0.3) is 0 Å². The lowest BCUT2D eigenvalue weighted by molar-refractivity contribution is -0.122. The molecule has 1 saturated heterocycles. The molecular formula is C17H28N4O2. The Morgan fingerprint density at radius 3 is 2.57 bits per heavy atom. The Labute approximate surface area is 138 Å². The van der Waals surface area contributed by atoms with Crippen molar-refractivity contribution in [3.05, 3.63) is 5.82 Å². The number of hydrogen-bond acceptors (Lipinski definition) is 5. The van der Waals surface area contributed by atoms with E-state index >= 15 is 0 Å². The molecule has 0 unspecified atom stereocenters. The number of aromatic nitrogens is 2. The summed E-state index contributed by atoms with van der Waals surface area (Å²) in [5.41, 5.74) is 0. The maximum atomic E-state index is 12.1. The third kappa shape index (κ3) is 4.24. The predicted molar refractivity (Wildman–Crippen MR) is 88.3 cm³/mol. The van der Waals surface area contributed by atoms with Gasteiger partial charge in [-0.3, -0.25) is 4.79 Å². The minimum Gasteiger partial charge on any atom is -0.353 e. The first-order valence-corrected chi connectivity index (χ1v) is 8.99. The quantitative estimate of drug-likeness (QED) is 0.903. The van der Waals surface area contributed by atoms with Crippen molar-refractivity contribution in [1.29, 1.82) is 0 Å². The van der Waals surface area contributed by atoms with Gasteiger partial charge in [0.05, 0.1) is 0 Å². The van der Waals surface area contributed by atoms with E-state index in [0.717, 1.165) is 31.8 Å². The maximum absolute atomic E-state index is 12.1. The Morgan fingerprint density at radius 2 is 1.96 bits per heavy atom. The lowest BCUT2D eigenvalue weighted by Crippen LogP contribution is -2.45. The van der Waals surface area contributed by atoms with Crippen LogP contribution >= 0.6 is 0 Å². The molecule has 6 nitrogen and oxygen atoms in total. The third-order valence-electron chi connectivity index (χ3n) is 5.03.